The first-order valence-electron chi connectivity index (χ1n) is 11.1. The van der Waals surface area contributed by atoms with Crippen LogP contribution in [0.5, 0.6) is 17.2 Å². The summed E-state index contributed by atoms with van der Waals surface area (Å²) in [6.07, 6.45) is 1.31. The number of carbonyl (C=O) groups is 3. The zero-order valence-electron chi connectivity index (χ0n) is 20.1. The Balaban J connectivity index is 1.55. The third-order valence-corrected chi connectivity index (χ3v) is 4.67. The van der Waals surface area contributed by atoms with E-state index in [-0.39, 0.29) is 18.2 Å². The Bertz CT molecular complexity index is 1280. The van der Waals surface area contributed by atoms with Gasteiger partial charge in [-0.3, -0.25) is 14.4 Å². The minimum atomic E-state index is -1.01. The molecule has 0 fully saturated rings. The molecule has 0 saturated carbocycles. The second-order valence-electron chi connectivity index (χ2n) is 7.37. The Morgan fingerprint density at radius 3 is 2.41 bits per heavy atom. The normalized spacial score (nSPS) is 10.5. The monoisotopic (exact) mass is 508 g/mol. The summed E-state index contributed by atoms with van der Waals surface area (Å²) in [4.78, 5) is 36.2. The number of methoxy groups -OCH3 is 1. The molecule has 3 N–H and O–H groups in total. The van der Waals surface area contributed by atoms with E-state index in [0.717, 1.165) is 12.1 Å². The minimum absolute atomic E-state index is 0.260. The van der Waals surface area contributed by atoms with Crippen LogP contribution in [0.25, 0.3) is 0 Å². The molecule has 0 aliphatic heterocycles. The van der Waals surface area contributed by atoms with Crippen LogP contribution in [-0.2, 0) is 14.4 Å². The van der Waals surface area contributed by atoms with Crippen LogP contribution in [0, 0.1) is 5.82 Å². The topological polar surface area (TPSA) is 127 Å². The van der Waals surface area contributed by atoms with Crippen LogP contribution in [0.4, 0.5) is 15.8 Å². The van der Waals surface area contributed by atoms with Crippen molar-refractivity contribution >= 4 is 35.3 Å². The molecule has 0 spiro atoms. The van der Waals surface area contributed by atoms with Gasteiger partial charge in [-0.2, -0.15) is 5.10 Å². The van der Waals surface area contributed by atoms with Gasteiger partial charge >= 0.3 is 11.8 Å². The number of hydrogen-bond donors (Lipinski definition) is 3. The quantitative estimate of drug-likeness (QED) is 0.219. The van der Waals surface area contributed by atoms with Crippen molar-refractivity contribution in [3.8, 4) is 17.2 Å². The molecule has 0 aromatic heterocycles. The van der Waals surface area contributed by atoms with Gasteiger partial charge in [0.25, 0.3) is 5.91 Å². The molecule has 3 aromatic carbocycles. The number of nitrogens with zero attached hydrogens (tertiary/aromatic N) is 1. The molecule has 37 heavy (non-hydrogen) atoms. The second-order valence-corrected chi connectivity index (χ2v) is 7.37. The maximum atomic E-state index is 12.9. The number of nitrogens with one attached hydrogen (secondary N) is 3. The van der Waals surface area contributed by atoms with Crippen molar-refractivity contribution in [2.75, 3.05) is 31.0 Å². The Labute approximate surface area is 212 Å². The number of hydrogen-bond acceptors (Lipinski definition) is 7. The highest BCUT2D eigenvalue weighted by atomic mass is 19.1. The van der Waals surface area contributed by atoms with Crippen LogP contribution in [-0.4, -0.2) is 44.3 Å². The Hall–Kier alpha value is -4.93. The largest absolute Gasteiger partial charge is 0.497 e. The van der Waals surface area contributed by atoms with E-state index in [1.54, 1.807) is 49.4 Å². The lowest BCUT2D eigenvalue weighted by molar-refractivity contribution is -0.136. The van der Waals surface area contributed by atoms with Crippen LogP contribution in [0.15, 0.2) is 71.8 Å². The summed E-state index contributed by atoms with van der Waals surface area (Å²) in [6, 6.07) is 16.7. The highest BCUT2D eigenvalue weighted by Crippen LogP contribution is 2.28. The van der Waals surface area contributed by atoms with E-state index in [1.807, 2.05) is 0 Å². The number of anilines is 2. The number of hydrazone groups is 1. The molecule has 3 rings (SSSR count). The van der Waals surface area contributed by atoms with Crippen molar-refractivity contribution in [1.82, 2.24) is 5.43 Å². The third-order valence-electron chi connectivity index (χ3n) is 4.67. The van der Waals surface area contributed by atoms with E-state index < -0.39 is 17.6 Å². The van der Waals surface area contributed by atoms with Crippen molar-refractivity contribution < 1.29 is 33.0 Å². The van der Waals surface area contributed by atoms with E-state index in [2.05, 4.69) is 21.2 Å². The molecule has 0 unspecified atom stereocenters. The van der Waals surface area contributed by atoms with Crippen molar-refractivity contribution in [3.63, 3.8) is 0 Å². The zero-order valence-corrected chi connectivity index (χ0v) is 20.1. The SMILES string of the molecule is CCOc1cc(/C=N\NC(=O)C(=O)Nc2ccc(F)cc2)ccc1OCC(=O)Nc1cccc(OC)c1. The fourth-order valence-corrected chi connectivity index (χ4v) is 2.97. The molecule has 0 aliphatic rings. The van der Waals surface area contributed by atoms with Crippen LogP contribution in [0.1, 0.15) is 12.5 Å². The maximum Gasteiger partial charge on any atom is 0.329 e. The van der Waals surface area contributed by atoms with E-state index in [4.69, 9.17) is 14.2 Å². The summed E-state index contributed by atoms with van der Waals surface area (Å²) in [6.45, 7) is 1.87. The van der Waals surface area contributed by atoms with Gasteiger partial charge in [-0.15, -0.1) is 0 Å². The van der Waals surface area contributed by atoms with Crippen LogP contribution < -0.4 is 30.3 Å². The molecule has 0 radical (unpaired) electrons. The van der Waals surface area contributed by atoms with Crippen LogP contribution in [0.2, 0.25) is 0 Å². The predicted octanol–water partition coefficient (Wildman–Crippen LogP) is 3.34. The molecular weight excluding hydrogens is 483 g/mol. The number of ether oxygens (including phenoxy) is 3. The first-order chi connectivity index (χ1) is 17.9. The molecule has 192 valence electrons. The lowest BCUT2D eigenvalue weighted by Gasteiger charge is -2.13. The maximum absolute atomic E-state index is 12.9. The Morgan fingerprint density at radius 2 is 1.68 bits per heavy atom. The minimum Gasteiger partial charge on any atom is -0.497 e. The van der Waals surface area contributed by atoms with Gasteiger partial charge in [0.15, 0.2) is 18.1 Å². The van der Waals surface area contributed by atoms with E-state index >= 15 is 0 Å². The van der Waals surface area contributed by atoms with E-state index in [0.29, 0.717) is 35.1 Å². The fraction of sp³-hybridized carbons (Fsp3) is 0.154. The molecule has 11 heteroatoms. The molecule has 3 amide bonds. The molecule has 0 saturated heterocycles. The fourth-order valence-electron chi connectivity index (χ4n) is 2.97. The molecular formula is C26H25FN4O6. The zero-order chi connectivity index (χ0) is 26.6. The summed E-state index contributed by atoms with van der Waals surface area (Å²) in [5, 5.41) is 8.82. The second kappa shape index (κ2) is 13.2. The average molecular weight is 509 g/mol. The smallest absolute Gasteiger partial charge is 0.329 e. The van der Waals surface area contributed by atoms with Crippen molar-refractivity contribution in [3.05, 3.63) is 78.1 Å². The molecule has 10 nitrogen and oxygen atoms in total. The average Bonchev–Trinajstić information content (AvgIpc) is 2.89. The molecule has 0 bridgehead atoms. The summed E-state index contributed by atoms with van der Waals surface area (Å²) < 4.78 is 29.3. The highest BCUT2D eigenvalue weighted by Gasteiger charge is 2.13. The number of amides is 3. The summed E-state index contributed by atoms with van der Waals surface area (Å²) >= 11 is 0. The lowest BCUT2D eigenvalue weighted by atomic mass is 10.2. The van der Waals surface area contributed by atoms with E-state index in [1.165, 1.54) is 25.5 Å². The van der Waals surface area contributed by atoms with Gasteiger partial charge in [0, 0.05) is 17.4 Å². The van der Waals surface area contributed by atoms with Gasteiger partial charge in [0.05, 0.1) is 19.9 Å². The standard InChI is InChI=1S/C26H25FN4O6/c1-3-36-23-13-17(15-28-31-26(34)25(33)30-19-10-8-18(27)9-11-19)7-12-22(23)37-16-24(32)29-20-5-4-6-21(14-20)35-2/h4-15H,3,16H2,1-2H3,(H,29,32)(H,30,33)(H,31,34)/b28-15-. The predicted molar refractivity (Wildman–Crippen MR) is 135 cm³/mol. The Morgan fingerprint density at radius 1 is 0.892 bits per heavy atom. The molecule has 0 heterocycles. The molecule has 3 aromatic rings. The van der Waals surface area contributed by atoms with Gasteiger partial charge < -0.3 is 24.8 Å². The van der Waals surface area contributed by atoms with Gasteiger partial charge in [0.1, 0.15) is 11.6 Å². The summed E-state index contributed by atoms with van der Waals surface area (Å²) in [7, 11) is 1.54. The van der Waals surface area contributed by atoms with Crippen molar-refractivity contribution in [2.45, 2.75) is 6.92 Å². The number of carbonyl (C=O) groups excluding carboxylic acids is 3. The van der Waals surface area contributed by atoms with Gasteiger partial charge in [-0.1, -0.05) is 6.07 Å². The van der Waals surface area contributed by atoms with Crippen LogP contribution >= 0.6 is 0 Å². The summed E-state index contributed by atoms with van der Waals surface area (Å²) in [5.74, 6) is -1.50. The van der Waals surface area contributed by atoms with Gasteiger partial charge in [-0.25, -0.2) is 9.82 Å². The van der Waals surface area contributed by atoms with Gasteiger partial charge in [0.2, 0.25) is 0 Å². The lowest BCUT2D eigenvalue weighted by Crippen LogP contribution is -2.32. The number of benzene rings is 3. The van der Waals surface area contributed by atoms with Gasteiger partial charge in [-0.05, 0) is 67.1 Å². The van der Waals surface area contributed by atoms with E-state index in [9.17, 15) is 18.8 Å². The number of rotatable bonds is 10. The highest BCUT2D eigenvalue weighted by molar-refractivity contribution is 6.39. The summed E-state index contributed by atoms with van der Waals surface area (Å²) in [5.41, 5.74) is 3.48. The van der Waals surface area contributed by atoms with Crippen molar-refractivity contribution in [1.29, 1.82) is 0 Å². The number of halogens is 1. The third kappa shape index (κ3) is 8.35. The Kier molecular flexibility index (Phi) is 9.54. The van der Waals surface area contributed by atoms with Crippen LogP contribution in [0.3, 0.4) is 0 Å². The van der Waals surface area contributed by atoms with Crippen molar-refractivity contribution in [2.24, 2.45) is 5.10 Å². The first-order valence-corrected chi connectivity index (χ1v) is 11.1. The first kappa shape index (κ1) is 26.7. The molecule has 0 atom stereocenters. The molecule has 0 aliphatic carbocycles.